The monoisotopic (exact) mass is 365 g/mol. The maximum atomic E-state index is 12.6. The van der Waals surface area contributed by atoms with E-state index in [0.29, 0.717) is 37.8 Å². The molecule has 1 aliphatic heterocycles. The normalized spacial score (nSPS) is 13.4. The first-order chi connectivity index (χ1) is 13.2. The van der Waals surface area contributed by atoms with Crippen LogP contribution in [-0.4, -0.2) is 51.2 Å². The van der Waals surface area contributed by atoms with Gasteiger partial charge in [0.2, 0.25) is 5.91 Å². The summed E-state index contributed by atoms with van der Waals surface area (Å²) >= 11 is 0. The quantitative estimate of drug-likeness (QED) is 0.716. The van der Waals surface area contributed by atoms with Gasteiger partial charge in [-0.1, -0.05) is 18.2 Å². The standard InChI is InChI=1S/C19H19N5O3/c1-26-19-20-10-13(11-21-19)18-15-9-17(25)24(12-16(15)22-23-18)7-8-27-14-5-3-2-4-6-14/h2-6,10-11H,7-9,12H2,1H3,(H,22,23). The first-order valence-corrected chi connectivity index (χ1v) is 8.62. The fraction of sp³-hybridized carbons (Fsp3) is 0.263. The number of para-hydroxylation sites is 1. The van der Waals surface area contributed by atoms with E-state index in [1.807, 2.05) is 30.3 Å². The number of hydrogen-bond donors (Lipinski definition) is 1. The molecule has 0 bridgehead atoms. The van der Waals surface area contributed by atoms with Gasteiger partial charge in [-0.15, -0.1) is 0 Å². The summed E-state index contributed by atoms with van der Waals surface area (Å²) in [5.74, 6) is 0.849. The molecule has 0 atom stereocenters. The Morgan fingerprint density at radius 2 is 1.96 bits per heavy atom. The highest BCUT2D eigenvalue weighted by molar-refractivity contribution is 5.83. The van der Waals surface area contributed by atoms with Crippen molar-refractivity contribution in [2.75, 3.05) is 20.3 Å². The third kappa shape index (κ3) is 3.59. The maximum absolute atomic E-state index is 12.6. The summed E-state index contributed by atoms with van der Waals surface area (Å²) in [5.41, 5.74) is 3.29. The number of nitrogens with one attached hydrogen (secondary N) is 1. The second-order valence-corrected chi connectivity index (χ2v) is 6.14. The first-order valence-electron chi connectivity index (χ1n) is 8.62. The Morgan fingerprint density at radius 1 is 1.19 bits per heavy atom. The van der Waals surface area contributed by atoms with Crippen molar-refractivity contribution in [1.82, 2.24) is 25.1 Å². The van der Waals surface area contributed by atoms with Crippen molar-refractivity contribution in [2.24, 2.45) is 0 Å². The molecule has 1 aromatic carbocycles. The molecule has 0 saturated carbocycles. The molecular formula is C19H19N5O3. The molecule has 8 nitrogen and oxygen atoms in total. The molecule has 1 N–H and O–H groups in total. The number of methoxy groups -OCH3 is 1. The predicted octanol–water partition coefficient (Wildman–Crippen LogP) is 1.84. The molecule has 4 rings (SSSR count). The van der Waals surface area contributed by atoms with E-state index in [4.69, 9.17) is 9.47 Å². The molecule has 0 spiro atoms. The molecule has 138 valence electrons. The Hall–Kier alpha value is -3.42. The van der Waals surface area contributed by atoms with E-state index < -0.39 is 0 Å². The number of carbonyl (C=O) groups excluding carboxylic acids is 1. The summed E-state index contributed by atoms with van der Waals surface area (Å²) in [5, 5.41) is 7.40. The molecule has 1 aliphatic rings. The van der Waals surface area contributed by atoms with Crippen LogP contribution in [0.4, 0.5) is 0 Å². The minimum Gasteiger partial charge on any atom is -0.492 e. The zero-order chi connectivity index (χ0) is 18.6. The summed E-state index contributed by atoms with van der Waals surface area (Å²) in [6.07, 6.45) is 3.58. The minimum atomic E-state index is 0.0521. The highest BCUT2D eigenvalue weighted by Gasteiger charge is 2.28. The third-order valence-electron chi connectivity index (χ3n) is 4.44. The smallest absolute Gasteiger partial charge is 0.316 e. The molecule has 2 aromatic heterocycles. The average Bonchev–Trinajstić information content (AvgIpc) is 3.11. The van der Waals surface area contributed by atoms with Gasteiger partial charge < -0.3 is 14.4 Å². The van der Waals surface area contributed by atoms with Crippen LogP contribution < -0.4 is 9.47 Å². The van der Waals surface area contributed by atoms with E-state index in [2.05, 4.69) is 20.2 Å². The van der Waals surface area contributed by atoms with Gasteiger partial charge in [0, 0.05) is 23.5 Å². The number of hydrogen-bond acceptors (Lipinski definition) is 6. The summed E-state index contributed by atoms with van der Waals surface area (Å²) in [6.45, 7) is 1.45. The van der Waals surface area contributed by atoms with Gasteiger partial charge in [0.1, 0.15) is 12.4 Å². The average molecular weight is 365 g/mol. The van der Waals surface area contributed by atoms with E-state index in [-0.39, 0.29) is 5.91 Å². The Balaban J connectivity index is 1.43. The first kappa shape index (κ1) is 17.0. The molecule has 0 unspecified atom stereocenters. The van der Waals surface area contributed by atoms with Gasteiger partial charge in [0.25, 0.3) is 0 Å². The third-order valence-corrected chi connectivity index (χ3v) is 4.44. The minimum absolute atomic E-state index is 0.0521. The zero-order valence-corrected chi connectivity index (χ0v) is 14.9. The largest absolute Gasteiger partial charge is 0.492 e. The van der Waals surface area contributed by atoms with E-state index in [0.717, 1.165) is 22.6 Å². The molecule has 27 heavy (non-hydrogen) atoms. The summed E-state index contributed by atoms with van der Waals surface area (Å²) < 4.78 is 10.7. The van der Waals surface area contributed by atoms with Crippen LogP contribution in [0.5, 0.6) is 11.8 Å². The lowest BCUT2D eigenvalue weighted by Gasteiger charge is -2.26. The van der Waals surface area contributed by atoms with Crippen LogP contribution in [0.15, 0.2) is 42.7 Å². The highest BCUT2D eigenvalue weighted by atomic mass is 16.5. The van der Waals surface area contributed by atoms with Crippen molar-refractivity contribution in [3.05, 3.63) is 54.0 Å². The molecule has 1 amide bonds. The number of H-pyrrole nitrogens is 1. The van der Waals surface area contributed by atoms with Gasteiger partial charge in [-0.25, -0.2) is 9.97 Å². The van der Waals surface area contributed by atoms with Crippen LogP contribution in [0.25, 0.3) is 11.3 Å². The number of rotatable bonds is 6. The van der Waals surface area contributed by atoms with Crippen LogP contribution >= 0.6 is 0 Å². The molecule has 3 heterocycles. The van der Waals surface area contributed by atoms with Gasteiger partial charge in [-0.2, -0.15) is 5.10 Å². The predicted molar refractivity (Wildman–Crippen MR) is 97.2 cm³/mol. The Morgan fingerprint density at radius 3 is 2.70 bits per heavy atom. The van der Waals surface area contributed by atoms with Crippen LogP contribution in [0, 0.1) is 0 Å². The lowest BCUT2D eigenvalue weighted by atomic mass is 10.0. The van der Waals surface area contributed by atoms with E-state index in [1.54, 1.807) is 17.3 Å². The highest BCUT2D eigenvalue weighted by Crippen LogP contribution is 2.28. The van der Waals surface area contributed by atoms with E-state index in [9.17, 15) is 4.79 Å². The van der Waals surface area contributed by atoms with Crippen LogP contribution in [0.1, 0.15) is 11.3 Å². The van der Waals surface area contributed by atoms with Gasteiger partial charge in [0.15, 0.2) is 0 Å². The van der Waals surface area contributed by atoms with Gasteiger partial charge in [-0.05, 0) is 12.1 Å². The number of benzene rings is 1. The second kappa shape index (κ2) is 7.45. The van der Waals surface area contributed by atoms with Crippen molar-refractivity contribution in [2.45, 2.75) is 13.0 Å². The van der Waals surface area contributed by atoms with Crippen molar-refractivity contribution < 1.29 is 14.3 Å². The maximum Gasteiger partial charge on any atom is 0.316 e. The Bertz CT molecular complexity index is 924. The van der Waals surface area contributed by atoms with Crippen LogP contribution in [0.3, 0.4) is 0 Å². The molecule has 0 radical (unpaired) electrons. The topological polar surface area (TPSA) is 93.2 Å². The zero-order valence-electron chi connectivity index (χ0n) is 14.9. The van der Waals surface area contributed by atoms with Crippen LogP contribution in [-0.2, 0) is 17.8 Å². The second-order valence-electron chi connectivity index (χ2n) is 6.14. The van der Waals surface area contributed by atoms with Crippen molar-refractivity contribution >= 4 is 5.91 Å². The number of fused-ring (bicyclic) bond motifs is 1. The van der Waals surface area contributed by atoms with E-state index in [1.165, 1.54) is 7.11 Å². The molecule has 0 aliphatic carbocycles. The SMILES string of the molecule is COc1ncc(-c2n[nH]c3c2CC(=O)N(CCOc2ccccc2)C3)cn1. The lowest BCUT2D eigenvalue weighted by molar-refractivity contribution is -0.132. The van der Waals surface area contributed by atoms with Gasteiger partial charge in [-0.3, -0.25) is 9.89 Å². The summed E-state index contributed by atoms with van der Waals surface area (Å²) in [6, 6.07) is 9.86. The molecule has 3 aromatic rings. The number of amides is 1. The number of ether oxygens (including phenoxy) is 2. The van der Waals surface area contributed by atoms with Crippen molar-refractivity contribution in [1.29, 1.82) is 0 Å². The van der Waals surface area contributed by atoms with E-state index >= 15 is 0 Å². The van der Waals surface area contributed by atoms with Gasteiger partial charge in [0.05, 0.1) is 38.0 Å². The van der Waals surface area contributed by atoms with Crippen molar-refractivity contribution in [3.63, 3.8) is 0 Å². The van der Waals surface area contributed by atoms with Crippen molar-refractivity contribution in [3.8, 4) is 23.0 Å². The Labute approximate surface area is 156 Å². The fourth-order valence-corrected chi connectivity index (χ4v) is 3.04. The number of carbonyl (C=O) groups is 1. The molecule has 8 heteroatoms. The summed E-state index contributed by atoms with van der Waals surface area (Å²) in [4.78, 5) is 22.5. The Kier molecular flexibility index (Phi) is 4.69. The fourth-order valence-electron chi connectivity index (χ4n) is 3.04. The number of aromatic amines is 1. The number of aromatic nitrogens is 4. The van der Waals surface area contributed by atoms with Crippen LogP contribution in [0.2, 0.25) is 0 Å². The lowest BCUT2D eigenvalue weighted by Crippen LogP contribution is -2.38. The number of nitrogens with zero attached hydrogens (tertiary/aromatic N) is 4. The molecule has 0 fully saturated rings. The molecular weight excluding hydrogens is 346 g/mol. The molecule has 0 saturated heterocycles. The van der Waals surface area contributed by atoms with Gasteiger partial charge >= 0.3 is 6.01 Å². The summed E-state index contributed by atoms with van der Waals surface area (Å²) in [7, 11) is 1.51.